The predicted molar refractivity (Wildman–Crippen MR) is 53.5 cm³/mol. The van der Waals surface area contributed by atoms with Gasteiger partial charge in [-0.3, -0.25) is 4.79 Å². The van der Waals surface area contributed by atoms with Gasteiger partial charge in [-0.2, -0.15) is 5.26 Å². The van der Waals surface area contributed by atoms with Crippen LogP contribution in [-0.4, -0.2) is 25.0 Å². The quantitative estimate of drug-likeness (QED) is 0.644. The Labute approximate surface area is 84.7 Å². The number of carbonyl (C=O) groups is 1. The van der Waals surface area contributed by atoms with Crippen LogP contribution in [0.5, 0.6) is 0 Å². The van der Waals surface area contributed by atoms with Gasteiger partial charge >= 0.3 is 0 Å². The third-order valence-corrected chi connectivity index (χ3v) is 2.39. The fourth-order valence-corrected chi connectivity index (χ4v) is 1.58. The van der Waals surface area contributed by atoms with Crippen molar-refractivity contribution in [1.82, 2.24) is 10.6 Å². The summed E-state index contributed by atoms with van der Waals surface area (Å²) >= 11 is 0. The summed E-state index contributed by atoms with van der Waals surface area (Å²) in [4.78, 5) is 11.5. The number of nitriles is 1. The topological polar surface area (TPSA) is 64.9 Å². The molecule has 4 heteroatoms. The predicted octanol–water partition coefficient (Wildman–Crippen LogP) is 0.548. The van der Waals surface area contributed by atoms with E-state index in [9.17, 15) is 4.79 Å². The SMILES string of the molecule is N#CCCCNC(=O)[C@H]1CCCCN1. The minimum absolute atomic E-state index is 0.00849. The van der Waals surface area contributed by atoms with Crippen LogP contribution < -0.4 is 10.6 Å². The minimum atomic E-state index is -0.00849. The molecule has 0 radical (unpaired) electrons. The maximum absolute atomic E-state index is 11.5. The lowest BCUT2D eigenvalue weighted by Crippen LogP contribution is -2.46. The zero-order chi connectivity index (χ0) is 10.2. The summed E-state index contributed by atoms with van der Waals surface area (Å²) in [5.41, 5.74) is 0. The van der Waals surface area contributed by atoms with Gasteiger partial charge in [0.15, 0.2) is 0 Å². The summed E-state index contributed by atoms with van der Waals surface area (Å²) in [6.07, 6.45) is 4.49. The molecule has 0 saturated carbocycles. The number of nitrogens with zero attached hydrogens (tertiary/aromatic N) is 1. The van der Waals surface area contributed by atoms with Crippen molar-refractivity contribution >= 4 is 5.91 Å². The summed E-state index contributed by atoms with van der Waals surface area (Å²) in [5, 5.41) is 14.3. The Morgan fingerprint density at radius 3 is 3.07 bits per heavy atom. The standard InChI is InChI=1S/C10H17N3O/c11-6-2-4-8-13-10(14)9-5-1-3-7-12-9/h9,12H,1-5,7-8H2,(H,13,14)/t9-/m1/s1. The summed E-state index contributed by atoms with van der Waals surface area (Å²) in [7, 11) is 0. The van der Waals surface area contributed by atoms with E-state index in [1.54, 1.807) is 0 Å². The van der Waals surface area contributed by atoms with Crippen molar-refractivity contribution in [3.05, 3.63) is 0 Å². The first-order chi connectivity index (χ1) is 6.84. The third-order valence-electron chi connectivity index (χ3n) is 2.39. The highest BCUT2D eigenvalue weighted by molar-refractivity contribution is 5.81. The van der Waals surface area contributed by atoms with Crippen LogP contribution in [0, 0.1) is 11.3 Å². The van der Waals surface area contributed by atoms with Gasteiger partial charge in [0.2, 0.25) is 5.91 Å². The molecule has 1 saturated heterocycles. The van der Waals surface area contributed by atoms with E-state index in [1.807, 2.05) is 0 Å². The van der Waals surface area contributed by atoms with E-state index in [4.69, 9.17) is 5.26 Å². The van der Waals surface area contributed by atoms with Crippen molar-refractivity contribution in [2.24, 2.45) is 0 Å². The molecule has 1 rings (SSSR count). The molecule has 1 aliphatic heterocycles. The monoisotopic (exact) mass is 195 g/mol. The fraction of sp³-hybridized carbons (Fsp3) is 0.800. The molecular formula is C10H17N3O. The average Bonchev–Trinajstić information content (AvgIpc) is 2.25. The maximum atomic E-state index is 11.5. The molecule has 1 aliphatic rings. The Morgan fingerprint density at radius 2 is 2.43 bits per heavy atom. The number of unbranched alkanes of at least 4 members (excludes halogenated alkanes) is 1. The van der Waals surface area contributed by atoms with E-state index in [2.05, 4.69) is 16.7 Å². The number of hydrogen-bond acceptors (Lipinski definition) is 3. The normalized spacial score (nSPS) is 21.2. The van der Waals surface area contributed by atoms with E-state index in [0.29, 0.717) is 13.0 Å². The molecule has 0 aromatic carbocycles. The van der Waals surface area contributed by atoms with Crippen LogP contribution in [0.2, 0.25) is 0 Å². The maximum Gasteiger partial charge on any atom is 0.237 e. The van der Waals surface area contributed by atoms with Crippen molar-refractivity contribution in [3.8, 4) is 6.07 Å². The van der Waals surface area contributed by atoms with E-state index in [-0.39, 0.29) is 11.9 Å². The van der Waals surface area contributed by atoms with E-state index >= 15 is 0 Å². The van der Waals surface area contributed by atoms with Crippen LogP contribution in [0.15, 0.2) is 0 Å². The molecule has 78 valence electrons. The number of hydrogen-bond donors (Lipinski definition) is 2. The van der Waals surface area contributed by atoms with Crippen molar-refractivity contribution in [3.63, 3.8) is 0 Å². The average molecular weight is 195 g/mol. The van der Waals surface area contributed by atoms with E-state index in [0.717, 1.165) is 32.2 Å². The summed E-state index contributed by atoms with van der Waals surface area (Å²) in [6.45, 7) is 1.56. The van der Waals surface area contributed by atoms with Gasteiger partial charge in [-0.05, 0) is 25.8 Å². The Hall–Kier alpha value is -1.08. The molecule has 0 bridgehead atoms. The number of rotatable bonds is 4. The second-order valence-corrected chi connectivity index (χ2v) is 3.56. The molecule has 0 spiro atoms. The van der Waals surface area contributed by atoms with E-state index < -0.39 is 0 Å². The van der Waals surface area contributed by atoms with Crippen molar-refractivity contribution < 1.29 is 4.79 Å². The molecule has 1 atom stereocenters. The molecular weight excluding hydrogens is 178 g/mol. The van der Waals surface area contributed by atoms with Gasteiger partial charge in [0, 0.05) is 13.0 Å². The first-order valence-corrected chi connectivity index (χ1v) is 5.22. The molecule has 1 fully saturated rings. The van der Waals surface area contributed by atoms with Crippen LogP contribution in [0.1, 0.15) is 32.1 Å². The number of carbonyl (C=O) groups excluding carboxylic acids is 1. The van der Waals surface area contributed by atoms with Gasteiger partial charge in [0.25, 0.3) is 0 Å². The van der Waals surface area contributed by atoms with Gasteiger partial charge in [-0.15, -0.1) is 0 Å². The Morgan fingerprint density at radius 1 is 1.57 bits per heavy atom. The van der Waals surface area contributed by atoms with Crippen molar-refractivity contribution in [1.29, 1.82) is 5.26 Å². The highest BCUT2D eigenvalue weighted by Gasteiger charge is 2.19. The van der Waals surface area contributed by atoms with Gasteiger partial charge in [0.05, 0.1) is 12.1 Å². The van der Waals surface area contributed by atoms with Gasteiger partial charge < -0.3 is 10.6 Å². The van der Waals surface area contributed by atoms with Crippen molar-refractivity contribution in [2.75, 3.05) is 13.1 Å². The molecule has 0 unspecified atom stereocenters. The minimum Gasteiger partial charge on any atom is -0.355 e. The molecule has 0 aliphatic carbocycles. The highest BCUT2D eigenvalue weighted by Crippen LogP contribution is 2.06. The second-order valence-electron chi connectivity index (χ2n) is 3.56. The van der Waals surface area contributed by atoms with E-state index in [1.165, 1.54) is 0 Å². The summed E-state index contributed by atoms with van der Waals surface area (Å²) in [6, 6.07) is 2.05. The summed E-state index contributed by atoms with van der Waals surface area (Å²) < 4.78 is 0. The van der Waals surface area contributed by atoms with Gasteiger partial charge in [-0.1, -0.05) is 6.42 Å². The lowest BCUT2D eigenvalue weighted by molar-refractivity contribution is -0.123. The highest BCUT2D eigenvalue weighted by atomic mass is 16.2. The van der Waals surface area contributed by atoms with Crippen molar-refractivity contribution in [2.45, 2.75) is 38.1 Å². The number of piperidine rings is 1. The van der Waals surface area contributed by atoms with Crippen LogP contribution >= 0.6 is 0 Å². The molecule has 4 nitrogen and oxygen atoms in total. The second kappa shape index (κ2) is 6.39. The molecule has 0 aromatic rings. The third kappa shape index (κ3) is 3.75. The lowest BCUT2D eigenvalue weighted by atomic mass is 10.0. The van der Waals surface area contributed by atoms with Crippen LogP contribution in [0.3, 0.4) is 0 Å². The van der Waals surface area contributed by atoms with Gasteiger partial charge in [0.1, 0.15) is 0 Å². The smallest absolute Gasteiger partial charge is 0.237 e. The number of amides is 1. The number of nitrogens with one attached hydrogen (secondary N) is 2. The zero-order valence-corrected chi connectivity index (χ0v) is 8.38. The first kappa shape index (κ1) is 11.0. The van der Waals surface area contributed by atoms with Crippen LogP contribution in [-0.2, 0) is 4.79 Å². The zero-order valence-electron chi connectivity index (χ0n) is 8.38. The molecule has 1 amide bonds. The molecule has 14 heavy (non-hydrogen) atoms. The Kier molecular flexibility index (Phi) is 5.02. The van der Waals surface area contributed by atoms with Crippen LogP contribution in [0.25, 0.3) is 0 Å². The fourth-order valence-electron chi connectivity index (χ4n) is 1.58. The van der Waals surface area contributed by atoms with Crippen LogP contribution in [0.4, 0.5) is 0 Å². The largest absolute Gasteiger partial charge is 0.355 e. The Balaban J connectivity index is 2.11. The molecule has 1 heterocycles. The summed E-state index contributed by atoms with van der Waals surface area (Å²) in [5.74, 6) is 0.0858. The molecule has 2 N–H and O–H groups in total. The van der Waals surface area contributed by atoms with Gasteiger partial charge in [-0.25, -0.2) is 0 Å². The molecule has 0 aromatic heterocycles. The Bertz CT molecular complexity index is 216. The lowest BCUT2D eigenvalue weighted by Gasteiger charge is -2.22. The first-order valence-electron chi connectivity index (χ1n) is 5.22.